The van der Waals surface area contributed by atoms with E-state index < -0.39 is 11.7 Å². The Morgan fingerprint density at radius 1 is 1.21 bits per heavy atom. The lowest BCUT2D eigenvalue weighted by Crippen LogP contribution is -2.28. The second-order valence-corrected chi connectivity index (χ2v) is 10.2. The van der Waals surface area contributed by atoms with Gasteiger partial charge < -0.3 is 11.1 Å². The number of halogens is 4. The van der Waals surface area contributed by atoms with Crippen molar-refractivity contribution >= 4 is 39.1 Å². The molecule has 3 atom stereocenters. The third-order valence-electron chi connectivity index (χ3n) is 5.92. The van der Waals surface area contributed by atoms with Gasteiger partial charge in [-0.1, -0.05) is 47.5 Å². The van der Waals surface area contributed by atoms with Gasteiger partial charge in [-0.15, -0.1) is 0 Å². The largest absolute Gasteiger partial charge is 0.416 e. The molecule has 0 saturated heterocycles. The second kappa shape index (κ2) is 8.16. The molecule has 1 aliphatic carbocycles. The minimum absolute atomic E-state index is 0.0199. The molecule has 7 heteroatoms. The molecule has 0 amide bonds. The highest BCUT2D eigenvalue weighted by Crippen LogP contribution is 2.50. The standard InChI is InChI=1S/C22H24BrF3N2S/c1-12(7-13-3-2-4-16(27)8-13)17-9-14(22(24,25)26)10-20-21(17)28-18-6-5-15(23)11-19(18)29-20/h5-6,9-13,16,28H,2-4,7-8,27H2,1H3/t12-,13?,16?/m1/s1. The zero-order chi connectivity index (χ0) is 20.8. The quantitative estimate of drug-likeness (QED) is 0.400. The van der Waals surface area contributed by atoms with E-state index in [0.29, 0.717) is 10.8 Å². The number of benzene rings is 2. The molecule has 1 heterocycles. The van der Waals surface area contributed by atoms with E-state index in [1.165, 1.54) is 23.9 Å². The molecule has 1 saturated carbocycles. The molecule has 2 aromatic rings. The van der Waals surface area contributed by atoms with Crippen LogP contribution in [0.15, 0.2) is 44.6 Å². The molecule has 0 radical (unpaired) electrons. The summed E-state index contributed by atoms with van der Waals surface area (Å²) in [7, 11) is 0. The summed E-state index contributed by atoms with van der Waals surface area (Å²) in [6, 6.07) is 8.65. The lowest BCUT2D eigenvalue weighted by atomic mass is 9.79. The lowest BCUT2D eigenvalue weighted by molar-refractivity contribution is -0.137. The van der Waals surface area contributed by atoms with E-state index in [1.807, 2.05) is 25.1 Å². The first kappa shape index (κ1) is 21.1. The molecular formula is C22H24BrF3N2S. The molecule has 2 nitrogen and oxygen atoms in total. The van der Waals surface area contributed by atoms with Crippen molar-refractivity contribution in [2.75, 3.05) is 5.32 Å². The van der Waals surface area contributed by atoms with Gasteiger partial charge in [-0.25, -0.2) is 0 Å². The summed E-state index contributed by atoms with van der Waals surface area (Å²) < 4.78 is 41.8. The molecule has 2 unspecified atom stereocenters. The van der Waals surface area contributed by atoms with Gasteiger partial charge in [0.2, 0.25) is 0 Å². The molecule has 1 aliphatic heterocycles. The van der Waals surface area contributed by atoms with Gasteiger partial charge in [-0.05, 0) is 67.0 Å². The monoisotopic (exact) mass is 484 g/mol. The number of alkyl halides is 3. The third kappa shape index (κ3) is 4.62. The molecule has 0 bridgehead atoms. The van der Waals surface area contributed by atoms with Crippen LogP contribution in [-0.2, 0) is 6.18 Å². The van der Waals surface area contributed by atoms with Crippen molar-refractivity contribution in [3.8, 4) is 0 Å². The van der Waals surface area contributed by atoms with Crippen LogP contribution in [0, 0.1) is 5.92 Å². The predicted octanol–water partition coefficient (Wildman–Crippen LogP) is 7.69. The average Bonchev–Trinajstić information content (AvgIpc) is 2.64. The molecule has 0 aromatic heterocycles. The Bertz CT molecular complexity index is 916. The van der Waals surface area contributed by atoms with Gasteiger partial charge in [-0.3, -0.25) is 0 Å². The fraction of sp³-hybridized carbons (Fsp3) is 0.455. The van der Waals surface area contributed by atoms with E-state index in [4.69, 9.17) is 5.73 Å². The van der Waals surface area contributed by atoms with Gasteiger partial charge in [0.1, 0.15) is 0 Å². The number of anilines is 2. The number of fused-ring (bicyclic) bond motifs is 2. The molecule has 3 N–H and O–H groups in total. The molecule has 2 aromatic carbocycles. The SMILES string of the molecule is C[C@H](CC1CCCC(N)C1)c1cc(C(F)(F)F)cc2c1Nc1ccc(Br)cc1S2. The van der Waals surface area contributed by atoms with E-state index in [2.05, 4.69) is 21.2 Å². The smallest absolute Gasteiger partial charge is 0.353 e. The lowest BCUT2D eigenvalue weighted by Gasteiger charge is -2.31. The maximum absolute atomic E-state index is 13.6. The highest BCUT2D eigenvalue weighted by molar-refractivity contribution is 9.10. The summed E-state index contributed by atoms with van der Waals surface area (Å²) in [5.74, 6) is 0.491. The first-order chi connectivity index (χ1) is 13.7. The van der Waals surface area contributed by atoms with Gasteiger partial charge in [-0.2, -0.15) is 13.2 Å². The van der Waals surface area contributed by atoms with Crippen LogP contribution in [0.2, 0.25) is 0 Å². The first-order valence-electron chi connectivity index (χ1n) is 9.96. The van der Waals surface area contributed by atoms with Crippen LogP contribution in [0.3, 0.4) is 0 Å². The van der Waals surface area contributed by atoms with Crippen LogP contribution >= 0.6 is 27.7 Å². The first-order valence-corrected chi connectivity index (χ1v) is 11.6. The number of hydrogen-bond acceptors (Lipinski definition) is 3. The second-order valence-electron chi connectivity index (χ2n) is 8.23. The van der Waals surface area contributed by atoms with Gasteiger partial charge >= 0.3 is 6.18 Å². The predicted molar refractivity (Wildman–Crippen MR) is 116 cm³/mol. The Morgan fingerprint density at radius 2 is 2.00 bits per heavy atom. The van der Waals surface area contributed by atoms with Crippen LogP contribution < -0.4 is 11.1 Å². The molecule has 1 fully saturated rings. The normalized spacial score (nSPS) is 22.4. The highest BCUT2D eigenvalue weighted by atomic mass is 79.9. The van der Waals surface area contributed by atoms with Crippen LogP contribution in [0.4, 0.5) is 24.5 Å². The summed E-state index contributed by atoms with van der Waals surface area (Å²) in [6.45, 7) is 2.04. The Labute approximate surface area is 182 Å². The van der Waals surface area contributed by atoms with Crippen molar-refractivity contribution in [3.63, 3.8) is 0 Å². The van der Waals surface area contributed by atoms with Crippen LogP contribution in [0.5, 0.6) is 0 Å². The van der Waals surface area contributed by atoms with Crippen LogP contribution in [-0.4, -0.2) is 6.04 Å². The molecule has 4 rings (SSSR count). The molecule has 29 heavy (non-hydrogen) atoms. The van der Waals surface area contributed by atoms with Gasteiger partial charge in [0, 0.05) is 20.3 Å². The van der Waals surface area contributed by atoms with E-state index in [-0.39, 0.29) is 12.0 Å². The fourth-order valence-corrected chi connectivity index (χ4v) is 6.14. The summed E-state index contributed by atoms with van der Waals surface area (Å²) in [6.07, 6.45) is 0.725. The Balaban J connectivity index is 1.70. The van der Waals surface area contributed by atoms with Crippen LogP contribution in [0.25, 0.3) is 0 Å². The Morgan fingerprint density at radius 3 is 2.72 bits per heavy atom. The topological polar surface area (TPSA) is 38.0 Å². The van der Waals surface area contributed by atoms with Gasteiger partial charge in [0.15, 0.2) is 0 Å². The van der Waals surface area contributed by atoms with E-state index >= 15 is 0 Å². The molecule has 2 aliphatic rings. The van der Waals surface area contributed by atoms with Gasteiger partial charge in [0.25, 0.3) is 0 Å². The minimum Gasteiger partial charge on any atom is -0.353 e. The number of nitrogens with one attached hydrogen (secondary N) is 1. The summed E-state index contributed by atoms with van der Waals surface area (Å²) in [4.78, 5) is 1.55. The Kier molecular flexibility index (Phi) is 5.93. The molecule has 156 valence electrons. The zero-order valence-electron chi connectivity index (χ0n) is 16.2. The van der Waals surface area contributed by atoms with E-state index in [1.54, 1.807) is 0 Å². The Hall–Kier alpha value is -1.18. The number of nitrogens with two attached hydrogens (primary N) is 1. The van der Waals surface area contributed by atoms with Gasteiger partial charge in [0.05, 0.1) is 16.9 Å². The fourth-order valence-electron chi connectivity index (χ4n) is 4.51. The minimum atomic E-state index is -4.37. The van der Waals surface area contributed by atoms with Crippen molar-refractivity contribution in [2.45, 2.75) is 67.0 Å². The maximum atomic E-state index is 13.6. The summed E-state index contributed by atoms with van der Waals surface area (Å²) in [5, 5.41) is 3.41. The van der Waals surface area contributed by atoms with E-state index in [9.17, 15) is 13.2 Å². The van der Waals surface area contributed by atoms with Crippen molar-refractivity contribution in [1.82, 2.24) is 0 Å². The van der Waals surface area contributed by atoms with Crippen molar-refractivity contribution < 1.29 is 13.2 Å². The van der Waals surface area contributed by atoms with Crippen LogP contribution in [0.1, 0.15) is 56.1 Å². The third-order valence-corrected chi connectivity index (χ3v) is 7.52. The number of rotatable bonds is 3. The average molecular weight is 485 g/mol. The molecular weight excluding hydrogens is 461 g/mol. The van der Waals surface area contributed by atoms with Crippen molar-refractivity contribution in [1.29, 1.82) is 0 Å². The highest BCUT2D eigenvalue weighted by Gasteiger charge is 2.34. The zero-order valence-corrected chi connectivity index (χ0v) is 18.6. The van der Waals surface area contributed by atoms with E-state index in [0.717, 1.165) is 58.4 Å². The summed E-state index contributed by atoms with van der Waals surface area (Å²) in [5.41, 5.74) is 8.04. The maximum Gasteiger partial charge on any atom is 0.416 e. The number of hydrogen-bond donors (Lipinski definition) is 2. The van der Waals surface area contributed by atoms with Crippen molar-refractivity contribution in [3.05, 3.63) is 45.9 Å². The summed E-state index contributed by atoms with van der Waals surface area (Å²) >= 11 is 4.84. The van der Waals surface area contributed by atoms with Crippen molar-refractivity contribution in [2.24, 2.45) is 11.7 Å². The molecule has 0 spiro atoms.